The van der Waals surface area contributed by atoms with E-state index in [-0.39, 0.29) is 33.9 Å². The van der Waals surface area contributed by atoms with Gasteiger partial charge in [-0.1, -0.05) is 18.2 Å². The Morgan fingerprint density at radius 3 is 2.65 bits per heavy atom. The molecule has 1 heterocycles. The van der Waals surface area contributed by atoms with Gasteiger partial charge in [0.25, 0.3) is 5.91 Å². The highest BCUT2D eigenvalue weighted by atomic mass is 32.2. The van der Waals surface area contributed by atoms with Crippen molar-refractivity contribution < 1.29 is 22.3 Å². The number of halogens is 1. The molecular weight excluding hydrogens is 359 g/mol. The second-order valence-corrected chi connectivity index (χ2v) is 7.73. The Labute approximate surface area is 151 Å². The van der Waals surface area contributed by atoms with Crippen LogP contribution in [0.2, 0.25) is 0 Å². The topological polar surface area (TPSA) is 89.7 Å². The van der Waals surface area contributed by atoms with E-state index in [1.807, 2.05) is 0 Å². The molecule has 2 aromatic rings. The second kappa shape index (κ2) is 7.05. The number of nitrogens with zero attached hydrogens (tertiary/aromatic N) is 1. The third kappa shape index (κ3) is 3.56. The minimum atomic E-state index is -3.94. The number of rotatable bonds is 4. The van der Waals surface area contributed by atoms with Gasteiger partial charge in [-0.15, -0.1) is 0 Å². The van der Waals surface area contributed by atoms with Gasteiger partial charge in [0.1, 0.15) is 11.6 Å². The normalized spacial score (nSPS) is 17.3. The summed E-state index contributed by atoms with van der Waals surface area (Å²) in [6.07, 6.45) is 0.629. The van der Waals surface area contributed by atoms with Crippen LogP contribution >= 0.6 is 0 Å². The molecule has 1 aliphatic rings. The van der Waals surface area contributed by atoms with Crippen molar-refractivity contribution in [1.82, 2.24) is 4.90 Å². The first-order chi connectivity index (χ1) is 12.3. The van der Waals surface area contributed by atoms with Crippen molar-refractivity contribution >= 4 is 15.9 Å². The first-order valence-corrected chi connectivity index (χ1v) is 9.60. The van der Waals surface area contributed by atoms with Crippen molar-refractivity contribution in [2.45, 2.75) is 17.2 Å². The molecule has 1 saturated heterocycles. The Kier molecular flexibility index (Phi) is 4.97. The van der Waals surface area contributed by atoms with Crippen molar-refractivity contribution in [3.05, 3.63) is 59.4 Å². The van der Waals surface area contributed by atoms with Crippen LogP contribution in [-0.4, -0.2) is 39.4 Å². The van der Waals surface area contributed by atoms with Gasteiger partial charge >= 0.3 is 0 Å². The molecule has 0 aliphatic carbocycles. The predicted molar refractivity (Wildman–Crippen MR) is 94.0 cm³/mol. The zero-order valence-electron chi connectivity index (χ0n) is 14.2. The number of sulfonamides is 1. The lowest BCUT2D eigenvalue weighted by molar-refractivity contribution is 0.0787. The van der Waals surface area contributed by atoms with Crippen LogP contribution in [0, 0.1) is 5.82 Å². The van der Waals surface area contributed by atoms with Gasteiger partial charge in [0.2, 0.25) is 10.0 Å². The minimum absolute atomic E-state index is 0.104. The molecule has 6 nitrogen and oxygen atoms in total. The van der Waals surface area contributed by atoms with Crippen LogP contribution < -0.4 is 9.88 Å². The van der Waals surface area contributed by atoms with Gasteiger partial charge < -0.3 is 9.64 Å². The van der Waals surface area contributed by atoms with E-state index in [4.69, 9.17) is 9.88 Å². The molecule has 138 valence electrons. The lowest BCUT2D eigenvalue weighted by Crippen LogP contribution is -2.29. The van der Waals surface area contributed by atoms with Gasteiger partial charge in [0.15, 0.2) is 0 Å². The van der Waals surface area contributed by atoms with Crippen LogP contribution in [0.5, 0.6) is 5.75 Å². The highest BCUT2D eigenvalue weighted by molar-refractivity contribution is 7.89. The Balaban J connectivity index is 1.87. The number of carbonyl (C=O) groups is 1. The lowest BCUT2D eigenvalue weighted by Gasteiger charge is -2.19. The summed E-state index contributed by atoms with van der Waals surface area (Å²) in [6.45, 7) is 0.795. The van der Waals surface area contributed by atoms with Crippen molar-refractivity contribution in [2.24, 2.45) is 5.14 Å². The molecule has 1 atom stereocenters. The molecule has 3 rings (SSSR count). The SMILES string of the molecule is COc1ccc(S(N)(=O)=O)cc1C(=O)N1CCC(c2ccccc2F)C1. The molecule has 26 heavy (non-hydrogen) atoms. The van der Waals surface area contributed by atoms with E-state index in [2.05, 4.69) is 0 Å². The fourth-order valence-electron chi connectivity index (χ4n) is 3.21. The molecule has 2 aromatic carbocycles. The maximum absolute atomic E-state index is 14.0. The average Bonchev–Trinajstić information content (AvgIpc) is 3.10. The van der Waals surface area contributed by atoms with Gasteiger partial charge in [-0.05, 0) is 36.2 Å². The molecule has 1 aliphatic heterocycles. The highest BCUT2D eigenvalue weighted by Gasteiger charge is 2.31. The number of benzene rings is 2. The summed E-state index contributed by atoms with van der Waals surface area (Å²) in [7, 11) is -2.54. The number of nitrogens with two attached hydrogens (primary N) is 1. The van der Waals surface area contributed by atoms with Crippen LogP contribution in [0.1, 0.15) is 28.3 Å². The standard InChI is InChI=1S/C18H19FN2O4S/c1-25-17-7-6-13(26(20,23)24)10-15(17)18(22)21-9-8-12(11-21)14-4-2-3-5-16(14)19/h2-7,10,12H,8-9,11H2,1H3,(H2,20,23,24). The van der Waals surface area contributed by atoms with E-state index >= 15 is 0 Å². The Bertz CT molecular complexity index is 946. The molecule has 0 spiro atoms. The average molecular weight is 378 g/mol. The zero-order chi connectivity index (χ0) is 18.9. The summed E-state index contributed by atoms with van der Waals surface area (Å²) >= 11 is 0. The molecule has 0 saturated carbocycles. The Morgan fingerprint density at radius 1 is 1.27 bits per heavy atom. The number of primary sulfonamides is 1. The molecular formula is C18H19FN2O4S. The number of methoxy groups -OCH3 is 1. The summed E-state index contributed by atoms with van der Waals surface area (Å²) in [5.41, 5.74) is 0.696. The van der Waals surface area contributed by atoms with Gasteiger partial charge in [-0.2, -0.15) is 0 Å². The molecule has 1 amide bonds. The van der Waals surface area contributed by atoms with E-state index in [9.17, 15) is 17.6 Å². The van der Waals surface area contributed by atoms with Gasteiger partial charge in [-0.3, -0.25) is 4.79 Å². The smallest absolute Gasteiger partial charge is 0.257 e. The van der Waals surface area contributed by atoms with E-state index in [0.717, 1.165) is 0 Å². The first-order valence-electron chi connectivity index (χ1n) is 8.06. The monoisotopic (exact) mass is 378 g/mol. The van der Waals surface area contributed by atoms with Crippen LogP contribution in [0.3, 0.4) is 0 Å². The van der Waals surface area contributed by atoms with Gasteiger partial charge in [0, 0.05) is 19.0 Å². The van der Waals surface area contributed by atoms with Crippen LogP contribution in [0.15, 0.2) is 47.4 Å². The molecule has 1 fully saturated rings. The Morgan fingerprint density at radius 2 is 2.00 bits per heavy atom. The third-order valence-electron chi connectivity index (χ3n) is 4.55. The fourth-order valence-corrected chi connectivity index (χ4v) is 3.75. The minimum Gasteiger partial charge on any atom is -0.496 e. The number of carbonyl (C=O) groups excluding carboxylic acids is 1. The van der Waals surface area contributed by atoms with Crippen molar-refractivity contribution in [3.8, 4) is 5.75 Å². The summed E-state index contributed by atoms with van der Waals surface area (Å²) in [4.78, 5) is 14.3. The van der Waals surface area contributed by atoms with E-state index in [1.165, 1.54) is 31.4 Å². The molecule has 0 bridgehead atoms. The fraction of sp³-hybridized carbons (Fsp3) is 0.278. The summed E-state index contributed by atoms with van der Waals surface area (Å²) < 4.78 is 42.3. The van der Waals surface area contributed by atoms with E-state index in [1.54, 1.807) is 23.1 Å². The predicted octanol–water partition coefficient (Wildman–Crippen LogP) is 2.11. The largest absolute Gasteiger partial charge is 0.496 e. The van der Waals surface area contributed by atoms with Gasteiger partial charge in [0.05, 0.1) is 17.6 Å². The molecule has 1 unspecified atom stereocenters. The van der Waals surface area contributed by atoms with Gasteiger partial charge in [-0.25, -0.2) is 17.9 Å². The van der Waals surface area contributed by atoms with Crippen LogP contribution in [-0.2, 0) is 10.0 Å². The summed E-state index contributed by atoms with van der Waals surface area (Å²) in [6, 6.07) is 10.4. The number of ether oxygens (including phenoxy) is 1. The van der Waals surface area contributed by atoms with E-state index in [0.29, 0.717) is 25.1 Å². The number of hydrogen-bond acceptors (Lipinski definition) is 4. The second-order valence-electron chi connectivity index (χ2n) is 6.17. The molecule has 8 heteroatoms. The van der Waals surface area contributed by atoms with E-state index < -0.39 is 10.0 Å². The van der Waals surface area contributed by atoms with Crippen LogP contribution in [0.4, 0.5) is 4.39 Å². The quantitative estimate of drug-likeness (QED) is 0.882. The maximum atomic E-state index is 14.0. The number of hydrogen-bond donors (Lipinski definition) is 1. The number of amides is 1. The van der Waals surface area contributed by atoms with Crippen molar-refractivity contribution in [1.29, 1.82) is 0 Å². The molecule has 2 N–H and O–H groups in total. The number of likely N-dealkylation sites (tertiary alicyclic amines) is 1. The Hall–Kier alpha value is -2.45. The summed E-state index contributed by atoms with van der Waals surface area (Å²) in [5, 5.41) is 5.15. The zero-order valence-corrected chi connectivity index (χ0v) is 15.0. The highest BCUT2D eigenvalue weighted by Crippen LogP contribution is 2.31. The summed E-state index contributed by atoms with van der Waals surface area (Å²) in [5.74, 6) is -0.504. The van der Waals surface area contributed by atoms with Crippen molar-refractivity contribution in [3.63, 3.8) is 0 Å². The third-order valence-corrected chi connectivity index (χ3v) is 5.46. The van der Waals surface area contributed by atoms with Crippen LogP contribution in [0.25, 0.3) is 0 Å². The van der Waals surface area contributed by atoms with Crippen molar-refractivity contribution in [2.75, 3.05) is 20.2 Å². The first kappa shape index (κ1) is 18.3. The maximum Gasteiger partial charge on any atom is 0.257 e. The molecule has 0 radical (unpaired) electrons. The molecule has 0 aromatic heterocycles. The lowest BCUT2D eigenvalue weighted by atomic mass is 9.98.